The summed E-state index contributed by atoms with van der Waals surface area (Å²) in [4.78, 5) is 25.9. The zero-order valence-corrected chi connectivity index (χ0v) is 11.3. The number of amides is 2. The van der Waals surface area contributed by atoms with Crippen LogP contribution in [0.1, 0.15) is 29.3 Å². The largest absolute Gasteiger partial charge is 0.330 e. The number of benzene rings is 1. The minimum Gasteiger partial charge on any atom is -0.330 e. The van der Waals surface area contributed by atoms with E-state index in [-0.39, 0.29) is 11.8 Å². The van der Waals surface area contributed by atoms with Crippen molar-refractivity contribution < 1.29 is 9.59 Å². The van der Waals surface area contributed by atoms with E-state index >= 15 is 0 Å². The van der Waals surface area contributed by atoms with Crippen LogP contribution in [0.5, 0.6) is 0 Å². The molecule has 0 bridgehead atoms. The summed E-state index contributed by atoms with van der Waals surface area (Å²) in [5.41, 5.74) is 1.81. The highest BCUT2D eigenvalue weighted by Crippen LogP contribution is 2.29. The molecule has 5 heteroatoms. The summed E-state index contributed by atoms with van der Waals surface area (Å²) < 4.78 is 0. The Balaban J connectivity index is 2.60. The molecule has 18 heavy (non-hydrogen) atoms. The summed E-state index contributed by atoms with van der Waals surface area (Å²) in [6, 6.07) is 2.89. The van der Waals surface area contributed by atoms with Crippen molar-refractivity contribution >= 4 is 29.1 Å². The maximum absolute atomic E-state index is 12.3. The van der Waals surface area contributed by atoms with E-state index in [1.54, 1.807) is 19.2 Å². The lowest BCUT2D eigenvalue weighted by Gasteiger charge is -2.22. The van der Waals surface area contributed by atoms with Gasteiger partial charge in [0.05, 0.1) is 11.3 Å². The van der Waals surface area contributed by atoms with E-state index in [1.807, 2.05) is 13.8 Å². The normalized spacial score (nSPS) is 19.3. The number of likely N-dealkylation sites (N-methyl/N-ethyl adjacent to an activating group) is 1. The first-order valence-corrected chi connectivity index (χ1v) is 6.21. The summed E-state index contributed by atoms with van der Waals surface area (Å²) in [5.74, 6) is -0.335. The quantitative estimate of drug-likeness (QED) is 0.849. The van der Waals surface area contributed by atoms with Crippen LogP contribution in [0.15, 0.2) is 12.1 Å². The van der Waals surface area contributed by atoms with E-state index in [1.165, 1.54) is 4.90 Å². The van der Waals surface area contributed by atoms with Gasteiger partial charge < -0.3 is 10.2 Å². The Morgan fingerprint density at radius 3 is 2.67 bits per heavy atom. The van der Waals surface area contributed by atoms with E-state index < -0.39 is 6.04 Å². The van der Waals surface area contributed by atoms with Gasteiger partial charge in [0, 0.05) is 12.1 Å². The van der Waals surface area contributed by atoms with Gasteiger partial charge in [0.15, 0.2) is 0 Å². The van der Waals surface area contributed by atoms with E-state index in [0.29, 0.717) is 22.7 Å². The molecule has 0 fully saturated rings. The molecule has 4 nitrogen and oxygen atoms in total. The maximum Gasteiger partial charge on any atom is 0.256 e. The molecular formula is C13H15ClN2O2. The lowest BCUT2D eigenvalue weighted by molar-refractivity contribution is -0.120. The summed E-state index contributed by atoms with van der Waals surface area (Å²) in [5, 5.41) is 3.32. The summed E-state index contributed by atoms with van der Waals surface area (Å²) in [6.07, 6.45) is 0.578. The molecule has 1 unspecified atom stereocenters. The van der Waals surface area contributed by atoms with Gasteiger partial charge in [-0.15, -0.1) is 0 Å². The van der Waals surface area contributed by atoms with E-state index in [4.69, 9.17) is 11.6 Å². The van der Waals surface area contributed by atoms with Gasteiger partial charge in [0.1, 0.15) is 6.04 Å². The van der Waals surface area contributed by atoms with Crippen LogP contribution < -0.4 is 5.32 Å². The number of hydrogen-bond donors (Lipinski definition) is 1. The third-order valence-electron chi connectivity index (χ3n) is 3.26. The first-order chi connectivity index (χ1) is 8.45. The number of rotatable bonds is 1. The van der Waals surface area contributed by atoms with Crippen molar-refractivity contribution in [3.8, 4) is 0 Å². The molecule has 1 aromatic rings. The monoisotopic (exact) mass is 266 g/mol. The molecule has 1 N–H and O–H groups in total. The number of nitrogens with zero attached hydrogens (tertiary/aromatic N) is 1. The SMILES string of the molecule is CCC1C(=O)Nc2c(C)cc(Cl)cc2C(=O)N1C. The highest BCUT2D eigenvalue weighted by atomic mass is 35.5. The van der Waals surface area contributed by atoms with Crippen LogP contribution in [0.2, 0.25) is 5.02 Å². The molecule has 0 spiro atoms. The summed E-state index contributed by atoms with van der Waals surface area (Å²) in [6.45, 7) is 3.70. The van der Waals surface area contributed by atoms with E-state index in [2.05, 4.69) is 5.32 Å². The predicted molar refractivity (Wildman–Crippen MR) is 71.0 cm³/mol. The predicted octanol–water partition coefficient (Wildman–Crippen LogP) is 2.45. The first kappa shape index (κ1) is 12.9. The lowest BCUT2D eigenvalue weighted by Crippen LogP contribution is -2.42. The Hall–Kier alpha value is -1.55. The van der Waals surface area contributed by atoms with Gasteiger partial charge >= 0.3 is 0 Å². The molecule has 0 saturated carbocycles. The zero-order chi connectivity index (χ0) is 13.4. The molecule has 1 aliphatic heterocycles. The second kappa shape index (κ2) is 4.61. The molecule has 1 heterocycles. The van der Waals surface area contributed by atoms with Gasteiger partial charge in [-0.2, -0.15) is 0 Å². The van der Waals surface area contributed by atoms with E-state index in [9.17, 15) is 9.59 Å². The number of carbonyl (C=O) groups excluding carboxylic acids is 2. The average Bonchev–Trinajstić information content (AvgIpc) is 2.39. The fourth-order valence-electron chi connectivity index (χ4n) is 2.25. The Kier molecular flexibility index (Phi) is 3.30. The third-order valence-corrected chi connectivity index (χ3v) is 3.47. The van der Waals surface area contributed by atoms with Gasteiger partial charge in [-0.05, 0) is 31.0 Å². The number of anilines is 1. The van der Waals surface area contributed by atoms with Crippen LogP contribution in [-0.2, 0) is 4.79 Å². The van der Waals surface area contributed by atoms with Crippen molar-refractivity contribution in [2.45, 2.75) is 26.3 Å². The van der Waals surface area contributed by atoms with Crippen molar-refractivity contribution in [2.75, 3.05) is 12.4 Å². The highest BCUT2D eigenvalue weighted by molar-refractivity contribution is 6.31. The van der Waals surface area contributed by atoms with Gasteiger partial charge in [-0.3, -0.25) is 9.59 Å². The summed E-state index contributed by atoms with van der Waals surface area (Å²) in [7, 11) is 1.64. The molecule has 0 aromatic heterocycles. The Bertz CT molecular complexity index is 528. The second-order valence-corrected chi connectivity index (χ2v) is 4.91. The van der Waals surface area contributed by atoms with Crippen LogP contribution in [0.4, 0.5) is 5.69 Å². The van der Waals surface area contributed by atoms with Crippen LogP contribution >= 0.6 is 11.6 Å². The van der Waals surface area contributed by atoms with Gasteiger partial charge in [0.25, 0.3) is 5.91 Å². The molecular weight excluding hydrogens is 252 g/mol. The second-order valence-electron chi connectivity index (χ2n) is 4.47. The van der Waals surface area contributed by atoms with Crippen LogP contribution in [-0.4, -0.2) is 29.8 Å². The number of carbonyl (C=O) groups is 2. The van der Waals surface area contributed by atoms with Gasteiger partial charge in [-0.1, -0.05) is 18.5 Å². The molecule has 0 radical (unpaired) electrons. The summed E-state index contributed by atoms with van der Waals surface area (Å²) >= 11 is 5.97. The van der Waals surface area contributed by atoms with Crippen molar-refractivity contribution in [3.63, 3.8) is 0 Å². The average molecular weight is 267 g/mol. The topological polar surface area (TPSA) is 49.4 Å². The molecule has 2 rings (SSSR count). The van der Waals surface area contributed by atoms with Gasteiger partial charge in [0.2, 0.25) is 5.91 Å². The fourth-order valence-corrected chi connectivity index (χ4v) is 2.52. The third kappa shape index (κ3) is 1.97. The minimum atomic E-state index is -0.442. The van der Waals surface area contributed by atoms with Crippen LogP contribution in [0, 0.1) is 6.92 Å². The smallest absolute Gasteiger partial charge is 0.256 e. The number of aryl methyl sites for hydroxylation is 1. The lowest BCUT2D eigenvalue weighted by atomic mass is 10.1. The Morgan fingerprint density at radius 2 is 2.06 bits per heavy atom. The standard InChI is InChI=1S/C13H15ClN2O2/c1-4-10-12(17)15-11-7(2)5-8(14)6-9(11)13(18)16(10)3/h5-6,10H,4H2,1-3H3,(H,15,17). The number of fused-ring (bicyclic) bond motifs is 1. The van der Waals surface area contributed by atoms with Crippen LogP contribution in [0.3, 0.4) is 0 Å². The number of halogens is 1. The zero-order valence-electron chi connectivity index (χ0n) is 10.6. The van der Waals surface area contributed by atoms with Crippen molar-refractivity contribution in [1.82, 2.24) is 4.90 Å². The van der Waals surface area contributed by atoms with Gasteiger partial charge in [-0.25, -0.2) is 0 Å². The minimum absolute atomic E-state index is 0.155. The van der Waals surface area contributed by atoms with Crippen molar-refractivity contribution in [3.05, 3.63) is 28.3 Å². The molecule has 0 saturated heterocycles. The van der Waals surface area contributed by atoms with E-state index in [0.717, 1.165) is 5.56 Å². The van der Waals surface area contributed by atoms with Crippen molar-refractivity contribution in [2.24, 2.45) is 0 Å². The van der Waals surface area contributed by atoms with Crippen molar-refractivity contribution in [1.29, 1.82) is 0 Å². The first-order valence-electron chi connectivity index (χ1n) is 5.83. The Morgan fingerprint density at radius 1 is 1.39 bits per heavy atom. The van der Waals surface area contributed by atoms with Crippen LogP contribution in [0.25, 0.3) is 0 Å². The molecule has 1 aliphatic rings. The molecule has 1 atom stereocenters. The molecule has 1 aromatic carbocycles. The molecule has 96 valence electrons. The fraction of sp³-hybridized carbons (Fsp3) is 0.385. The highest BCUT2D eigenvalue weighted by Gasteiger charge is 2.32. The molecule has 0 aliphatic carbocycles. The maximum atomic E-state index is 12.3. The number of hydrogen-bond acceptors (Lipinski definition) is 2. The molecule has 2 amide bonds. The number of nitrogens with one attached hydrogen (secondary N) is 1. The Labute approximate surface area is 111 Å².